The lowest BCUT2D eigenvalue weighted by molar-refractivity contribution is -0.123. The first-order valence-electron chi connectivity index (χ1n) is 7.25. The van der Waals surface area contributed by atoms with Crippen molar-refractivity contribution in [1.82, 2.24) is 5.43 Å². The number of hydrazone groups is 1. The minimum Gasteiger partial charge on any atom is -0.483 e. The second kappa shape index (κ2) is 7.79. The van der Waals surface area contributed by atoms with Gasteiger partial charge in [0.1, 0.15) is 5.75 Å². The molecule has 2 aromatic carbocycles. The Morgan fingerprint density at radius 3 is 2.74 bits per heavy atom. The van der Waals surface area contributed by atoms with Gasteiger partial charge in [-0.3, -0.25) is 4.79 Å². The summed E-state index contributed by atoms with van der Waals surface area (Å²) in [5, 5.41) is 4.69. The molecule has 120 valence electrons. The van der Waals surface area contributed by atoms with Crippen LogP contribution in [0.15, 0.2) is 47.6 Å². The van der Waals surface area contributed by atoms with Gasteiger partial charge < -0.3 is 4.74 Å². The van der Waals surface area contributed by atoms with E-state index in [9.17, 15) is 4.79 Å². The molecule has 0 atom stereocenters. The van der Waals surface area contributed by atoms with E-state index >= 15 is 0 Å². The van der Waals surface area contributed by atoms with Gasteiger partial charge in [-0.05, 0) is 55.7 Å². The maximum atomic E-state index is 11.8. The zero-order chi connectivity index (χ0) is 16.8. The standard InChI is InChI=1S/C18H19ClN2O2/c1-12-7-8-13(2)17(9-12)23-11-18(22)21-20-14(3)15-5-4-6-16(19)10-15/h4-10H,11H2,1-3H3,(H,21,22)/b20-14-. The average molecular weight is 331 g/mol. The van der Waals surface area contributed by atoms with Gasteiger partial charge in [-0.25, -0.2) is 5.43 Å². The zero-order valence-corrected chi connectivity index (χ0v) is 14.1. The third-order valence-corrected chi connectivity index (χ3v) is 3.53. The van der Waals surface area contributed by atoms with Gasteiger partial charge in [0.05, 0.1) is 5.71 Å². The molecular weight excluding hydrogens is 312 g/mol. The van der Waals surface area contributed by atoms with E-state index in [0.29, 0.717) is 16.5 Å². The number of rotatable bonds is 5. The molecule has 0 heterocycles. The lowest BCUT2D eigenvalue weighted by atomic mass is 10.1. The Labute approximate surface area is 141 Å². The number of carbonyl (C=O) groups excluding carboxylic acids is 1. The summed E-state index contributed by atoms with van der Waals surface area (Å²) in [6, 6.07) is 13.2. The highest BCUT2D eigenvalue weighted by Gasteiger charge is 2.05. The first kappa shape index (κ1) is 17.0. The van der Waals surface area contributed by atoms with Crippen molar-refractivity contribution in [2.75, 3.05) is 6.61 Å². The largest absolute Gasteiger partial charge is 0.483 e. The number of benzene rings is 2. The monoisotopic (exact) mass is 330 g/mol. The molecule has 5 heteroatoms. The Kier molecular flexibility index (Phi) is 5.77. The number of amides is 1. The van der Waals surface area contributed by atoms with Gasteiger partial charge in [-0.1, -0.05) is 35.9 Å². The van der Waals surface area contributed by atoms with Gasteiger partial charge in [0.15, 0.2) is 6.61 Å². The van der Waals surface area contributed by atoms with Gasteiger partial charge >= 0.3 is 0 Å². The molecule has 0 aliphatic rings. The predicted octanol–water partition coefficient (Wildman–Crippen LogP) is 3.88. The molecule has 2 rings (SSSR count). The van der Waals surface area contributed by atoms with E-state index in [4.69, 9.17) is 16.3 Å². The normalized spacial score (nSPS) is 11.2. The summed E-state index contributed by atoms with van der Waals surface area (Å²) >= 11 is 5.93. The number of hydrogen-bond acceptors (Lipinski definition) is 3. The Morgan fingerprint density at radius 2 is 2.00 bits per heavy atom. The molecule has 2 aromatic rings. The molecule has 0 saturated heterocycles. The van der Waals surface area contributed by atoms with Crippen molar-refractivity contribution in [2.24, 2.45) is 5.10 Å². The second-order valence-electron chi connectivity index (χ2n) is 5.30. The topological polar surface area (TPSA) is 50.7 Å². The molecule has 23 heavy (non-hydrogen) atoms. The third kappa shape index (κ3) is 5.11. The van der Waals surface area contributed by atoms with Gasteiger partial charge in [-0.15, -0.1) is 0 Å². The molecule has 0 aliphatic carbocycles. The fourth-order valence-corrected chi connectivity index (χ4v) is 2.15. The molecule has 0 aromatic heterocycles. The number of halogens is 1. The summed E-state index contributed by atoms with van der Waals surface area (Å²) in [7, 11) is 0. The van der Waals surface area contributed by atoms with Crippen molar-refractivity contribution in [3.05, 3.63) is 64.2 Å². The van der Waals surface area contributed by atoms with Crippen LogP contribution in [0, 0.1) is 13.8 Å². The summed E-state index contributed by atoms with van der Waals surface area (Å²) in [4.78, 5) is 11.8. The van der Waals surface area contributed by atoms with E-state index in [0.717, 1.165) is 16.7 Å². The number of aryl methyl sites for hydroxylation is 2. The van der Waals surface area contributed by atoms with Crippen LogP contribution in [0.5, 0.6) is 5.75 Å². The molecule has 4 nitrogen and oxygen atoms in total. The van der Waals surface area contributed by atoms with E-state index < -0.39 is 0 Å². The van der Waals surface area contributed by atoms with E-state index in [2.05, 4.69) is 10.5 Å². The summed E-state index contributed by atoms with van der Waals surface area (Å²) in [6.45, 7) is 5.63. The summed E-state index contributed by atoms with van der Waals surface area (Å²) < 4.78 is 5.53. The highest BCUT2D eigenvalue weighted by molar-refractivity contribution is 6.31. The Morgan fingerprint density at radius 1 is 1.22 bits per heavy atom. The summed E-state index contributed by atoms with van der Waals surface area (Å²) in [6.07, 6.45) is 0. The van der Waals surface area contributed by atoms with Gasteiger partial charge in [-0.2, -0.15) is 5.10 Å². The predicted molar refractivity (Wildman–Crippen MR) is 93.2 cm³/mol. The third-order valence-electron chi connectivity index (χ3n) is 3.29. The highest BCUT2D eigenvalue weighted by Crippen LogP contribution is 2.18. The molecule has 1 amide bonds. The molecule has 0 spiro atoms. The summed E-state index contributed by atoms with van der Waals surface area (Å²) in [5.41, 5.74) is 6.09. The fourth-order valence-electron chi connectivity index (χ4n) is 1.96. The van der Waals surface area contributed by atoms with Crippen LogP contribution in [-0.2, 0) is 4.79 Å². The maximum Gasteiger partial charge on any atom is 0.277 e. The number of carbonyl (C=O) groups is 1. The maximum absolute atomic E-state index is 11.8. The zero-order valence-electron chi connectivity index (χ0n) is 13.4. The van der Waals surface area contributed by atoms with Gasteiger partial charge in [0.25, 0.3) is 5.91 Å². The van der Waals surface area contributed by atoms with E-state index in [1.807, 2.05) is 44.2 Å². The Hall–Kier alpha value is -2.33. The molecule has 0 radical (unpaired) electrons. The van der Waals surface area contributed by atoms with E-state index in [-0.39, 0.29) is 12.5 Å². The molecule has 0 fully saturated rings. The van der Waals surface area contributed by atoms with Crippen LogP contribution in [0.1, 0.15) is 23.6 Å². The van der Waals surface area contributed by atoms with Crippen molar-refractivity contribution in [3.8, 4) is 5.75 Å². The minimum absolute atomic E-state index is 0.0867. The van der Waals surface area contributed by atoms with Crippen LogP contribution in [0.3, 0.4) is 0 Å². The smallest absolute Gasteiger partial charge is 0.277 e. The van der Waals surface area contributed by atoms with Crippen molar-refractivity contribution in [3.63, 3.8) is 0 Å². The van der Waals surface area contributed by atoms with Crippen molar-refractivity contribution >= 4 is 23.2 Å². The number of nitrogens with one attached hydrogen (secondary N) is 1. The highest BCUT2D eigenvalue weighted by atomic mass is 35.5. The minimum atomic E-state index is -0.313. The Balaban J connectivity index is 1.92. The molecule has 0 aliphatic heterocycles. The van der Waals surface area contributed by atoms with Crippen LogP contribution in [-0.4, -0.2) is 18.2 Å². The van der Waals surface area contributed by atoms with E-state index in [1.54, 1.807) is 19.1 Å². The lowest BCUT2D eigenvalue weighted by Crippen LogP contribution is -2.25. The van der Waals surface area contributed by atoms with Gasteiger partial charge in [0.2, 0.25) is 0 Å². The van der Waals surface area contributed by atoms with Crippen LogP contribution >= 0.6 is 11.6 Å². The molecule has 0 bridgehead atoms. The van der Waals surface area contributed by atoms with Crippen molar-refractivity contribution in [2.45, 2.75) is 20.8 Å². The van der Waals surface area contributed by atoms with E-state index in [1.165, 1.54) is 0 Å². The Bertz CT molecular complexity index is 742. The molecular formula is C18H19ClN2O2. The van der Waals surface area contributed by atoms with Crippen LogP contribution in [0.4, 0.5) is 0 Å². The van der Waals surface area contributed by atoms with Crippen LogP contribution in [0.25, 0.3) is 0 Å². The second-order valence-corrected chi connectivity index (χ2v) is 5.74. The van der Waals surface area contributed by atoms with Crippen molar-refractivity contribution in [1.29, 1.82) is 0 Å². The number of ether oxygens (including phenoxy) is 1. The first-order chi connectivity index (χ1) is 11.0. The molecule has 0 saturated carbocycles. The average Bonchev–Trinajstić information content (AvgIpc) is 2.53. The quantitative estimate of drug-likeness (QED) is 0.668. The molecule has 1 N–H and O–H groups in total. The van der Waals surface area contributed by atoms with Gasteiger partial charge in [0, 0.05) is 5.02 Å². The lowest BCUT2D eigenvalue weighted by Gasteiger charge is -2.09. The first-order valence-corrected chi connectivity index (χ1v) is 7.62. The SMILES string of the molecule is C/C(=N/NC(=O)COc1cc(C)ccc1C)c1cccc(Cl)c1. The van der Waals surface area contributed by atoms with Crippen LogP contribution in [0.2, 0.25) is 5.02 Å². The van der Waals surface area contributed by atoms with Crippen LogP contribution < -0.4 is 10.2 Å². The summed E-state index contributed by atoms with van der Waals surface area (Å²) in [5.74, 6) is 0.392. The number of nitrogens with zero attached hydrogens (tertiary/aromatic N) is 1. The van der Waals surface area contributed by atoms with Crippen molar-refractivity contribution < 1.29 is 9.53 Å². The molecule has 0 unspecified atom stereocenters. The number of hydrogen-bond donors (Lipinski definition) is 1. The fraction of sp³-hybridized carbons (Fsp3) is 0.222.